The number of rotatable bonds is 2. The zero-order chi connectivity index (χ0) is 10.7. The van der Waals surface area contributed by atoms with Crippen LogP contribution in [-0.4, -0.2) is 23.5 Å². The molecule has 1 aromatic rings. The number of hydrogen-bond acceptors (Lipinski definition) is 3. The van der Waals surface area contributed by atoms with Gasteiger partial charge in [-0.25, -0.2) is 4.98 Å². The van der Waals surface area contributed by atoms with E-state index in [0.717, 1.165) is 19.4 Å². The van der Waals surface area contributed by atoms with E-state index in [2.05, 4.69) is 15.6 Å². The number of hydrogen-bond donors (Lipinski definition) is 2. The first-order valence-electron chi connectivity index (χ1n) is 4.91. The van der Waals surface area contributed by atoms with Gasteiger partial charge in [-0.1, -0.05) is 11.6 Å². The summed E-state index contributed by atoms with van der Waals surface area (Å²) in [5.41, 5.74) is 0.689. The third-order valence-electron chi connectivity index (χ3n) is 2.37. The van der Waals surface area contributed by atoms with Crippen LogP contribution >= 0.6 is 11.6 Å². The molecule has 1 aliphatic heterocycles. The largest absolute Gasteiger partial charge is 0.325 e. The van der Waals surface area contributed by atoms with Gasteiger partial charge in [0.05, 0.1) is 6.04 Å². The van der Waals surface area contributed by atoms with Gasteiger partial charge in [-0.15, -0.1) is 0 Å². The van der Waals surface area contributed by atoms with E-state index in [1.54, 1.807) is 18.3 Å². The van der Waals surface area contributed by atoms with Gasteiger partial charge in [0, 0.05) is 11.9 Å². The Morgan fingerprint density at radius 1 is 1.67 bits per heavy atom. The van der Waals surface area contributed by atoms with E-state index in [1.807, 2.05) is 0 Å². The van der Waals surface area contributed by atoms with Crippen LogP contribution in [0.25, 0.3) is 0 Å². The Hall–Kier alpha value is -1.13. The molecule has 4 nitrogen and oxygen atoms in total. The first-order chi connectivity index (χ1) is 7.25. The molecule has 1 amide bonds. The molecule has 1 saturated heterocycles. The van der Waals surface area contributed by atoms with Crippen molar-refractivity contribution >= 4 is 23.2 Å². The smallest absolute Gasteiger partial charge is 0.241 e. The molecule has 1 atom stereocenters. The number of nitrogens with zero attached hydrogens (tertiary/aromatic N) is 1. The number of anilines is 1. The average Bonchev–Trinajstić information content (AvgIpc) is 2.70. The molecular weight excluding hydrogens is 214 g/mol. The Labute approximate surface area is 93.0 Å². The third kappa shape index (κ3) is 2.67. The summed E-state index contributed by atoms with van der Waals surface area (Å²) in [6.45, 7) is 0.912. The fraction of sp³-hybridized carbons (Fsp3) is 0.400. The number of aromatic nitrogens is 1. The predicted octanol–water partition coefficient (Wildman–Crippen LogP) is 1.43. The van der Waals surface area contributed by atoms with Crippen LogP contribution in [0.15, 0.2) is 18.3 Å². The lowest BCUT2D eigenvalue weighted by Gasteiger charge is -2.10. The van der Waals surface area contributed by atoms with E-state index in [9.17, 15) is 4.79 Å². The third-order valence-corrected chi connectivity index (χ3v) is 2.58. The van der Waals surface area contributed by atoms with Crippen molar-refractivity contribution in [2.75, 3.05) is 11.9 Å². The van der Waals surface area contributed by atoms with Gasteiger partial charge in [-0.2, -0.15) is 0 Å². The second-order valence-corrected chi connectivity index (χ2v) is 3.89. The van der Waals surface area contributed by atoms with Crippen LogP contribution in [0.1, 0.15) is 12.8 Å². The number of carbonyl (C=O) groups is 1. The summed E-state index contributed by atoms with van der Waals surface area (Å²) in [6.07, 6.45) is 3.51. The molecule has 1 unspecified atom stereocenters. The van der Waals surface area contributed by atoms with E-state index < -0.39 is 0 Å². The molecule has 1 aromatic heterocycles. The van der Waals surface area contributed by atoms with Crippen molar-refractivity contribution in [1.82, 2.24) is 10.3 Å². The van der Waals surface area contributed by atoms with Crippen molar-refractivity contribution in [3.8, 4) is 0 Å². The van der Waals surface area contributed by atoms with Gasteiger partial charge in [-0.3, -0.25) is 4.79 Å². The normalized spacial score (nSPS) is 20.2. The predicted molar refractivity (Wildman–Crippen MR) is 58.9 cm³/mol. The molecule has 2 heterocycles. The molecule has 1 aliphatic rings. The molecular formula is C10H12ClN3O. The summed E-state index contributed by atoms with van der Waals surface area (Å²) in [5.74, 6) is -0.00485. The fourth-order valence-corrected chi connectivity index (χ4v) is 1.79. The van der Waals surface area contributed by atoms with Gasteiger partial charge in [0.25, 0.3) is 0 Å². The van der Waals surface area contributed by atoms with Crippen LogP contribution < -0.4 is 10.6 Å². The summed E-state index contributed by atoms with van der Waals surface area (Å²) >= 11 is 5.71. The van der Waals surface area contributed by atoms with Crippen molar-refractivity contribution in [2.24, 2.45) is 0 Å². The number of carbonyl (C=O) groups excluding carboxylic acids is 1. The lowest BCUT2D eigenvalue weighted by atomic mass is 10.2. The molecule has 0 aliphatic carbocycles. The molecule has 0 radical (unpaired) electrons. The number of nitrogens with one attached hydrogen (secondary N) is 2. The standard InChI is InChI=1S/C10H12ClN3O/c11-9-6-7(3-5-13-9)14-10(15)8-2-1-4-12-8/h3,5-6,8,12H,1-2,4H2,(H,13,14,15). The van der Waals surface area contributed by atoms with Gasteiger partial charge in [0.2, 0.25) is 5.91 Å². The lowest BCUT2D eigenvalue weighted by molar-refractivity contribution is -0.117. The van der Waals surface area contributed by atoms with Crippen molar-refractivity contribution in [3.63, 3.8) is 0 Å². The van der Waals surface area contributed by atoms with E-state index in [0.29, 0.717) is 10.8 Å². The molecule has 1 fully saturated rings. The monoisotopic (exact) mass is 225 g/mol. The highest BCUT2D eigenvalue weighted by Crippen LogP contribution is 2.13. The first kappa shape index (κ1) is 10.4. The Bertz CT molecular complexity index is 363. The van der Waals surface area contributed by atoms with Gasteiger partial charge in [0.15, 0.2) is 0 Å². The highest BCUT2D eigenvalue weighted by molar-refractivity contribution is 6.29. The molecule has 0 saturated carbocycles. The quantitative estimate of drug-likeness (QED) is 0.749. The molecule has 80 valence electrons. The average molecular weight is 226 g/mol. The maximum absolute atomic E-state index is 11.7. The Morgan fingerprint density at radius 3 is 3.20 bits per heavy atom. The van der Waals surface area contributed by atoms with Crippen LogP contribution in [0.5, 0.6) is 0 Å². The molecule has 0 spiro atoms. The minimum absolute atomic E-state index is 0.00485. The van der Waals surface area contributed by atoms with Gasteiger partial charge < -0.3 is 10.6 Å². The summed E-state index contributed by atoms with van der Waals surface area (Å²) in [4.78, 5) is 15.5. The summed E-state index contributed by atoms with van der Waals surface area (Å²) in [7, 11) is 0. The summed E-state index contributed by atoms with van der Waals surface area (Å²) < 4.78 is 0. The molecule has 0 bridgehead atoms. The van der Waals surface area contributed by atoms with Gasteiger partial charge >= 0.3 is 0 Å². The van der Waals surface area contributed by atoms with E-state index in [-0.39, 0.29) is 11.9 Å². The highest BCUT2D eigenvalue weighted by Gasteiger charge is 2.21. The Kier molecular flexibility index (Phi) is 3.18. The van der Waals surface area contributed by atoms with Crippen molar-refractivity contribution < 1.29 is 4.79 Å². The minimum atomic E-state index is -0.0723. The zero-order valence-corrected chi connectivity index (χ0v) is 8.92. The lowest BCUT2D eigenvalue weighted by Crippen LogP contribution is -2.35. The van der Waals surface area contributed by atoms with E-state index in [1.165, 1.54) is 0 Å². The minimum Gasteiger partial charge on any atom is -0.325 e. The summed E-state index contributed by atoms with van der Waals surface area (Å²) in [6, 6.07) is 3.28. The highest BCUT2D eigenvalue weighted by atomic mass is 35.5. The maximum atomic E-state index is 11.7. The Balaban J connectivity index is 1.99. The van der Waals surface area contributed by atoms with Crippen LogP contribution in [-0.2, 0) is 4.79 Å². The molecule has 2 N–H and O–H groups in total. The second kappa shape index (κ2) is 4.59. The van der Waals surface area contributed by atoms with E-state index in [4.69, 9.17) is 11.6 Å². The van der Waals surface area contributed by atoms with Gasteiger partial charge in [0.1, 0.15) is 5.15 Å². The number of amides is 1. The molecule has 15 heavy (non-hydrogen) atoms. The van der Waals surface area contributed by atoms with Crippen molar-refractivity contribution in [2.45, 2.75) is 18.9 Å². The SMILES string of the molecule is O=C(Nc1ccnc(Cl)c1)C1CCCN1. The van der Waals surface area contributed by atoms with Crippen molar-refractivity contribution in [1.29, 1.82) is 0 Å². The number of halogens is 1. The fourth-order valence-electron chi connectivity index (χ4n) is 1.62. The molecule has 0 aromatic carbocycles. The van der Waals surface area contributed by atoms with Crippen LogP contribution in [0.2, 0.25) is 5.15 Å². The zero-order valence-electron chi connectivity index (χ0n) is 8.16. The van der Waals surface area contributed by atoms with Gasteiger partial charge in [-0.05, 0) is 31.5 Å². The van der Waals surface area contributed by atoms with Crippen LogP contribution in [0, 0.1) is 0 Å². The summed E-state index contributed by atoms with van der Waals surface area (Å²) in [5, 5.41) is 6.31. The second-order valence-electron chi connectivity index (χ2n) is 3.51. The molecule has 5 heteroatoms. The first-order valence-corrected chi connectivity index (χ1v) is 5.29. The number of pyridine rings is 1. The Morgan fingerprint density at radius 2 is 2.53 bits per heavy atom. The van der Waals surface area contributed by atoms with Crippen LogP contribution in [0.4, 0.5) is 5.69 Å². The van der Waals surface area contributed by atoms with E-state index >= 15 is 0 Å². The molecule has 2 rings (SSSR count). The topological polar surface area (TPSA) is 54.0 Å². The van der Waals surface area contributed by atoms with Crippen LogP contribution in [0.3, 0.4) is 0 Å². The maximum Gasteiger partial charge on any atom is 0.241 e. The van der Waals surface area contributed by atoms with Crippen molar-refractivity contribution in [3.05, 3.63) is 23.5 Å².